The molecule has 0 radical (unpaired) electrons. The number of carbonyl (C=O) groups excluding carboxylic acids is 2. The number of carbonyl (C=O) groups is 2. The van der Waals surface area contributed by atoms with Gasteiger partial charge in [0.15, 0.2) is 5.78 Å². The molecule has 0 aliphatic carbocycles. The maximum absolute atomic E-state index is 13.1. The molecule has 0 aliphatic rings. The highest BCUT2D eigenvalue weighted by Crippen LogP contribution is 2.29. The molecule has 0 heterocycles. The summed E-state index contributed by atoms with van der Waals surface area (Å²) in [5, 5.41) is 10.4. The molecule has 33 heavy (non-hydrogen) atoms. The zero-order valence-electron chi connectivity index (χ0n) is 20.3. The van der Waals surface area contributed by atoms with Crippen molar-refractivity contribution in [2.24, 2.45) is 11.8 Å². The topological polar surface area (TPSA) is 82.1 Å². The maximum atomic E-state index is 13.1. The van der Waals surface area contributed by atoms with Crippen molar-refractivity contribution in [1.29, 1.82) is 0 Å². The molecule has 2 aromatic rings. The number of benzene rings is 2. The van der Waals surface area contributed by atoms with E-state index in [1.165, 1.54) is 6.07 Å². The second-order valence-electron chi connectivity index (χ2n) is 8.87. The molecular formula is C27H36O6. The Morgan fingerprint density at radius 3 is 2.36 bits per heavy atom. The van der Waals surface area contributed by atoms with Gasteiger partial charge in [-0.2, -0.15) is 0 Å². The summed E-state index contributed by atoms with van der Waals surface area (Å²) < 4.78 is 16.6. The first-order valence-electron chi connectivity index (χ1n) is 11.6. The van der Waals surface area contributed by atoms with Gasteiger partial charge in [-0.3, -0.25) is 9.59 Å². The van der Waals surface area contributed by atoms with E-state index < -0.39 is 0 Å². The third-order valence-electron chi connectivity index (χ3n) is 4.98. The van der Waals surface area contributed by atoms with E-state index in [1.54, 1.807) is 37.3 Å². The largest absolute Gasteiger partial charge is 0.507 e. The van der Waals surface area contributed by atoms with Gasteiger partial charge >= 0.3 is 5.97 Å². The van der Waals surface area contributed by atoms with Crippen LogP contribution in [0.1, 0.15) is 68.9 Å². The molecule has 0 saturated carbocycles. The second-order valence-corrected chi connectivity index (χ2v) is 8.87. The van der Waals surface area contributed by atoms with Gasteiger partial charge in [0, 0.05) is 18.1 Å². The van der Waals surface area contributed by atoms with Crippen LogP contribution >= 0.6 is 0 Å². The van der Waals surface area contributed by atoms with Crippen LogP contribution in [-0.2, 0) is 16.0 Å². The van der Waals surface area contributed by atoms with Crippen LogP contribution in [0.25, 0.3) is 0 Å². The minimum Gasteiger partial charge on any atom is -0.507 e. The Hall–Kier alpha value is -3.02. The van der Waals surface area contributed by atoms with Crippen LogP contribution in [0, 0.1) is 11.8 Å². The molecule has 0 aromatic heterocycles. The number of aryl methyl sites for hydroxylation is 1. The Morgan fingerprint density at radius 1 is 0.970 bits per heavy atom. The summed E-state index contributed by atoms with van der Waals surface area (Å²) in [6.07, 6.45) is 1.49. The van der Waals surface area contributed by atoms with Crippen LogP contribution in [0.2, 0.25) is 0 Å². The molecule has 0 saturated heterocycles. The molecule has 0 spiro atoms. The molecule has 2 aromatic carbocycles. The van der Waals surface area contributed by atoms with Crippen LogP contribution in [0.5, 0.6) is 17.2 Å². The van der Waals surface area contributed by atoms with E-state index in [0.717, 1.165) is 12.0 Å². The van der Waals surface area contributed by atoms with E-state index >= 15 is 0 Å². The first kappa shape index (κ1) is 26.2. The zero-order chi connectivity index (χ0) is 24.4. The third-order valence-corrected chi connectivity index (χ3v) is 4.98. The number of esters is 1. The van der Waals surface area contributed by atoms with E-state index in [0.29, 0.717) is 55.1 Å². The number of phenolic OH excluding ortho intramolecular Hbond substituents is 1. The van der Waals surface area contributed by atoms with Gasteiger partial charge < -0.3 is 19.3 Å². The highest BCUT2D eigenvalue weighted by atomic mass is 16.5. The van der Waals surface area contributed by atoms with Crippen molar-refractivity contribution >= 4 is 11.8 Å². The fraction of sp³-hybridized carbons (Fsp3) is 0.481. The lowest BCUT2D eigenvalue weighted by Crippen LogP contribution is -2.10. The summed E-state index contributed by atoms with van der Waals surface area (Å²) in [5.41, 5.74) is 1.36. The van der Waals surface area contributed by atoms with E-state index in [2.05, 4.69) is 27.7 Å². The quantitative estimate of drug-likeness (QED) is 0.313. The predicted octanol–water partition coefficient (Wildman–Crippen LogP) is 5.58. The highest BCUT2D eigenvalue weighted by Gasteiger charge is 2.18. The van der Waals surface area contributed by atoms with Crippen molar-refractivity contribution in [3.8, 4) is 17.2 Å². The lowest BCUT2D eigenvalue weighted by atomic mass is 9.98. The van der Waals surface area contributed by atoms with Crippen LogP contribution < -0.4 is 9.47 Å². The SMILES string of the molecule is CCOC(=O)CCc1cc(C(=O)c2ccc(OCCC(C)C)cc2O)ccc1OCC(C)C. The van der Waals surface area contributed by atoms with Gasteiger partial charge in [-0.05, 0) is 67.5 Å². The Morgan fingerprint density at radius 2 is 1.73 bits per heavy atom. The van der Waals surface area contributed by atoms with E-state index in [1.807, 2.05) is 0 Å². The minimum absolute atomic E-state index is 0.129. The molecule has 1 N–H and O–H groups in total. The number of hydrogen-bond donors (Lipinski definition) is 1. The number of ether oxygens (including phenoxy) is 3. The van der Waals surface area contributed by atoms with Crippen molar-refractivity contribution in [2.45, 2.75) is 53.9 Å². The number of phenols is 1. The monoisotopic (exact) mass is 456 g/mol. The zero-order valence-corrected chi connectivity index (χ0v) is 20.3. The molecule has 0 bridgehead atoms. The van der Waals surface area contributed by atoms with Gasteiger partial charge in [0.25, 0.3) is 0 Å². The maximum Gasteiger partial charge on any atom is 0.306 e. The van der Waals surface area contributed by atoms with Gasteiger partial charge in [-0.25, -0.2) is 0 Å². The van der Waals surface area contributed by atoms with Gasteiger partial charge in [0.2, 0.25) is 0 Å². The van der Waals surface area contributed by atoms with Crippen LogP contribution in [0.4, 0.5) is 0 Å². The van der Waals surface area contributed by atoms with Crippen molar-refractivity contribution in [2.75, 3.05) is 19.8 Å². The number of rotatable bonds is 13. The van der Waals surface area contributed by atoms with Crippen LogP contribution in [0.3, 0.4) is 0 Å². The van der Waals surface area contributed by atoms with Gasteiger partial charge in [0.05, 0.1) is 25.4 Å². The number of hydrogen-bond acceptors (Lipinski definition) is 6. The lowest BCUT2D eigenvalue weighted by Gasteiger charge is -2.15. The summed E-state index contributed by atoms with van der Waals surface area (Å²) in [6, 6.07) is 9.88. The first-order valence-corrected chi connectivity index (χ1v) is 11.6. The highest BCUT2D eigenvalue weighted by molar-refractivity contribution is 6.11. The van der Waals surface area contributed by atoms with Crippen LogP contribution in [-0.4, -0.2) is 36.7 Å². The summed E-state index contributed by atoms with van der Waals surface area (Å²) in [5.74, 6) is 1.28. The summed E-state index contributed by atoms with van der Waals surface area (Å²) in [7, 11) is 0. The molecule has 0 atom stereocenters. The summed E-state index contributed by atoms with van der Waals surface area (Å²) in [4.78, 5) is 25.0. The summed E-state index contributed by atoms with van der Waals surface area (Å²) in [6.45, 7) is 11.5. The third kappa shape index (κ3) is 8.44. The van der Waals surface area contributed by atoms with Crippen molar-refractivity contribution in [3.63, 3.8) is 0 Å². The Labute approximate surface area is 196 Å². The van der Waals surface area contributed by atoms with Crippen molar-refractivity contribution in [1.82, 2.24) is 0 Å². The Kier molecular flexibility index (Phi) is 10.2. The molecular weight excluding hydrogens is 420 g/mol. The van der Waals surface area contributed by atoms with E-state index in [4.69, 9.17) is 14.2 Å². The van der Waals surface area contributed by atoms with Gasteiger partial charge in [-0.1, -0.05) is 27.7 Å². The Bertz CT molecular complexity index is 932. The molecule has 180 valence electrons. The molecule has 0 amide bonds. The molecule has 0 fully saturated rings. The predicted molar refractivity (Wildman–Crippen MR) is 128 cm³/mol. The average Bonchev–Trinajstić information content (AvgIpc) is 2.76. The fourth-order valence-electron chi connectivity index (χ4n) is 3.14. The Balaban J connectivity index is 2.22. The van der Waals surface area contributed by atoms with Crippen molar-refractivity contribution < 1.29 is 28.9 Å². The normalized spacial score (nSPS) is 11.0. The van der Waals surface area contributed by atoms with Gasteiger partial charge in [0.1, 0.15) is 17.2 Å². The molecule has 6 nitrogen and oxygen atoms in total. The molecule has 2 rings (SSSR count). The fourth-order valence-corrected chi connectivity index (χ4v) is 3.14. The lowest BCUT2D eigenvalue weighted by molar-refractivity contribution is -0.143. The number of ketones is 1. The van der Waals surface area contributed by atoms with Crippen LogP contribution in [0.15, 0.2) is 36.4 Å². The summed E-state index contributed by atoms with van der Waals surface area (Å²) >= 11 is 0. The number of aromatic hydroxyl groups is 1. The molecule has 6 heteroatoms. The van der Waals surface area contributed by atoms with Crippen molar-refractivity contribution in [3.05, 3.63) is 53.1 Å². The standard InChI is InChI=1S/C27H36O6/c1-6-31-26(29)12-8-20-15-21(7-11-25(20)33-17-19(4)5)27(30)23-10-9-22(16-24(23)28)32-14-13-18(2)3/h7,9-11,15-16,18-19,28H,6,8,12-14,17H2,1-5H3. The first-order chi connectivity index (χ1) is 15.7. The minimum atomic E-state index is -0.311. The smallest absolute Gasteiger partial charge is 0.306 e. The second kappa shape index (κ2) is 12.9. The molecule has 0 unspecified atom stereocenters. The molecule has 0 aliphatic heterocycles. The average molecular weight is 457 g/mol. The van der Waals surface area contributed by atoms with E-state index in [9.17, 15) is 14.7 Å². The van der Waals surface area contributed by atoms with E-state index in [-0.39, 0.29) is 29.5 Å². The van der Waals surface area contributed by atoms with Gasteiger partial charge in [-0.15, -0.1) is 0 Å².